The maximum absolute atomic E-state index is 11.5. The summed E-state index contributed by atoms with van der Waals surface area (Å²) in [5.41, 5.74) is 0.939. The molecular weight excluding hydrogens is 312 g/mol. The van der Waals surface area contributed by atoms with Crippen molar-refractivity contribution in [2.75, 3.05) is 14.2 Å². The van der Waals surface area contributed by atoms with E-state index in [1.54, 1.807) is 14.2 Å². The molecule has 0 aliphatic heterocycles. The van der Waals surface area contributed by atoms with Crippen LogP contribution in [-0.2, 0) is 16.6 Å². The van der Waals surface area contributed by atoms with Gasteiger partial charge in [0.15, 0.2) is 0 Å². The molecule has 4 nitrogen and oxygen atoms in total. The number of carbonyl (C=O) groups is 1. The summed E-state index contributed by atoms with van der Waals surface area (Å²) >= 11 is 3.47. The number of benzene rings is 1. The lowest BCUT2D eigenvalue weighted by Gasteiger charge is -2.20. The van der Waals surface area contributed by atoms with Gasteiger partial charge in [-0.15, -0.1) is 0 Å². The molecule has 19 heavy (non-hydrogen) atoms. The highest BCUT2D eigenvalue weighted by molar-refractivity contribution is 9.10. The van der Waals surface area contributed by atoms with Crippen molar-refractivity contribution in [3.05, 3.63) is 21.7 Å². The first kappa shape index (κ1) is 14.2. The molecule has 1 fully saturated rings. The predicted molar refractivity (Wildman–Crippen MR) is 75.2 cm³/mol. The molecule has 1 saturated carbocycles. The van der Waals surface area contributed by atoms with E-state index in [0.717, 1.165) is 17.5 Å². The zero-order chi connectivity index (χ0) is 14.2. The van der Waals surface area contributed by atoms with Crippen LogP contribution in [0.15, 0.2) is 10.5 Å². The van der Waals surface area contributed by atoms with Gasteiger partial charge >= 0.3 is 5.97 Å². The molecule has 1 aromatic rings. The number of aryl methyl sites for hydroxylation is 1. The number of methoxy groups -OCH3 is 2. The van der Waals surface area contributed by atoms with Crippen molar-refractivity contribution >= 4 is 21.9 Å². The van der Waals surface area contributed by atoms with E-state index in [2.05, 4.69) is 15.9 Å². The fraction of sp³-hybridized carbons (Fsp3) is 0.500. The molecule has 0 aromatic heterocycles. The highest BCUT2D eigenvalue weighted by atomic mass is 79.9. The van der Waals surface area contributed by atoms with Crippen molar-refractivity contribution in [1.82, 2.24) is 0 Å². The molecule has 104 valence electrons. The van der Waals surface area contributed by atoms with E-state index in [1.807, 2.05) is 13.0 Å². The minimum atomic E-state index is -0.788. The average Bonchev–Trinajstić information content (AvgIpc) is 3.18. The van der Waals surface area contributed by atoms with Gasteiger partial charge in [-0.2, -0.15) is 0 Å². The van der Waals surface area contributed by atoms with Gasteiger partial charge in [0.25, 0.3) is 0 Å². The maximum atomic E-state index is 11.5. The van der Waals surface area contributed by atoms with Gasteiger partial charge in [-0.25, -0.2) is 0 Å². The van der Waals surface area contributed by atoms with Crippen LogP contribution in [0, 0.1) is 0 Å². The van der Waals surface area contributed by atoms with Crippen molar-refractivity contribution in [3.8, 4) is 11.5 Å². The van der Waals surface area contributed by atoms with Gasteiger partial charge in [-0.3, -0.25) is 4.79 Å². The third-order valence-electron chi connectivity index (χ3n) is 3.72. The Hall–Kier alpha value is -1.23. The minimum Gasteiger partial charge on any atom is -0.495 e. The van der Waals surface area contributed by atoms with Gasteiger partial charge in [0.2, 0.25) is 0 Å². The smallest absolute Gasteiger partial charge is 0.314 e. The van der Waals surface area contributed by atoms with Crippen molar-refractivity contribution in [2.24, 2.45) is 0 Å². The lowest BCUT2D eigenvalue weighted by molar-refractivity contribution is -0.140. The number of carboxylic acids is 1. The first-order chi connectivity index (χ1) is 9.01. The Morgan fingerprint density at radius 3 is 2.32 bits per heavy atom. The second-order valence-electron chi connectivity index (χ2n) is 4.70. The molecule has 0 heterocycles. The van der Waals surface area contributed by atoms with E-state index in [-0.39, 0.29) is 0 Å². The first-order valence-electron chi connectivity index (χ1n) is 6.19. The van der Waals surface area contributed by atoms with Crippen LogP contribution >= 0.6 is 15.9 Å². The summed E-state index contributed by atoms with van der Waals surface area (Å²) in [6, 6.07) is 1.91. The summed E-state index contributed by atoms with van der Waals surface area (Å²) in [4.78, 5) is 11.5. The monoisotopic (exact) mass is 328 g/mol. The predicted octanol–water partition coefficient (Wildman–Crippen LogP) is 3.14. The first-order valence-corrected chi connectivity index (χ1v) is 6.98. The van der Waals surface area contributed by atoms with Crippen LogP contribution in [0.5, 0.6) is 11.5 Å². The number of ether oxygens (including phenoxy) is 2. The number of carboxylic acid groups (broad SMARTS) is 1. The molecule has 1 N–H and O–H groups in total. The van der Waals surface area contributed by atoms with Crippen LogP contribution in [0.3, 0.4) is 0 Å². The largest absolute Gasteiger partial charge is 0.495 e. The number of rotatable bonds is 5. The molecule has 0 bridgehead atoms. The maximum Gasteiger partial charge on any atom is 0.314 e. The average molecular weight is 329 g/mol. The van der Waals surface area contributed by atoms with E-state index in [4.69, 9.17) is 9.47 Å². The van der Waals surface area contributed by atoms with Gasteiger partial charge in [0, 0.05) is 5.56 Å². The van der Waals surface area contributed by atoms with Gasteiger partial charge in [-0.1, -0.05) is 6.92 Å². The molecule has 2 rings (SSSR count). The molecule has 0 radical (unpaired) electrons. The third-order valence-corrected chi connectivity index (χ3v) is 4.44. The molecule has 0 amide bonds. The number of aliphatic carboxylic acids is 1. The van der Waals surface area contributed by atoms with Gasteiger partial charge in [0.1, 0.15) is 16.0 Å². The molecule has 0 spiro atoms. The third kappa shape index (κ3) is 2.10. The standard InChI is InChI=1S/C14H17BrO4/c1-4-8-7-9(14(5-6-14)13(16)17)12(19-3)10(15)11(8)18-2/h7H,4-6H2,1-3H3,(H,16,17). The van der Waals surface area contributed by atoms with Crippen molar-refractivity contribution in [2.45, 2.75) is 31.6 Å². The normalized spacial score (nSPS) is 16.0. The Morgan fingerprint density at radius 2 is 1.95 bits per heavy atom. The Morgan fingerprint density at radius 1 is 1.37 bits per heavy atom. The van der Waals surface area contributed by atoms with E-state index >= 15 is 0 Å². The second-order valence-corrected chi connectivity index (χ2v) is 5.50. The molecule has 0 unspecified atom stereocenters. The van der Waals surface area contributed by atoms with Crippen molar-refractivity contribution < 1.29 is 19.4 Å². The summed E-state index contributed by atoms with van der Waals surface area (Å²) in [6.07, 6.45) is 2.08. The Bertz CT molecular complexity index is 521. The van der Waals surface area contributed by atoms with Gasteiger partial charge in [-0.05, 0) is 46.8 Å². The van der Waals surface area contributed by atoms with Crippen LogP contribution in [0.2, 0.25) is 0 Å². The van der Waals surface area contributed by atoms with Crippen molar-refractivity contribution in [3.63, 3.8) is 0 Å². The Kier molecular flexibility index (Phi) is 3.76. The zero-order valence-corrected chi connectivity index (χ0v) is 12.8. The highest BCUT2D eigenvalue weighted by Gasteiger charge is 2.54. The number of hydrogen-bond acceptors (Lipinski definition) is 3. The fourth-order valence-electron chi connectivity index (χ4n) is 2.43. The summed E-state index contributed by atoms with van der Waals surface area (Å²) in [5.74, 6) is 0.489. The van der Waals surface area contributed by atoms with Crippen LogP contribution in [0.4, 0.5) is 0 Å². The molecular formula is C14H17BrO4. The van der Waals surface area contributed by atoms with Crippen molar-refractivity contribution in [1.29, 1.82) is 0 Å². The van der Waals surface area contributed by atoms with E-state index in [1.165, 1.54) is 0 Å². The van der Waals surface area contributed by atoms with E-state index in [9.17, 15) is 9.90 Å². The summed E-state index contributed by atoms with van der Waals surface area (Å²) in [7, 11) is 3.15. The molecule has 5 heteroatoms. The van der Waals surface area contributed by atoms with E-state index < -0.39 is 11.4 Å². The molecule has 1 aliphatic carbocycles. The minimum absolute atomic E-state index is 0.564. The topological polar surface area (TPSA) is 55.8 Å². The van der Waals surface area contributed by atoms with Gasteiger partial charge in [0.05, 0.1) is 19.6 Å². The van der Waals surface area contributed by atoms with Crippen LogP contribution in [0.1, 0.15) is 30.9 Å². The van der Waals surface area contributed by atoms with E-state index in [0.29, 0.717) is 28.8 Å². The Balaban J connectivity index is 2.68. The number of halogens is 1. The fourth-order valence-corrected chi connectivity index (χ4v) is 3.22. The SMILES string of the molecule is CCc1cc(C2(C(=O)O)CC2)c(OC)c(Br)c1OC. The quantitative estimate of drug-likeness (QED) is 0.902. The van der Waals surface area contributed by atoms with Gasteiger partial charge < -0.3 is 14.6 Å². The molecule has 1 aliphatic rings. The highest BCUT2D eigenvalue weighted by Crippen LogP contribution is 2.55. The van der Waals surface area contributed by atoms with Crippen LogP contribution in [-0.4, -0.2) is 25.3 Å². The van der Waals surface area contributed by atoms with Crippen LogP contribution < -0.4 is 9.47 Å². The second kappa shape index (κ2) is 5.04. The lowest BCUT2D eigenvalue weighted by atomic mass is 9.92. The number of hydrogen-bond donors (Lipinski definition) is 1. The molecule has 0 saturated heterocycles. The Labute approximate surface area is 120 Å². The zero-order valence-electron chi connectivity index (χ0n) is 11.2. The van der Waals surface area contributed by atoms with Crippen LogP contribution in [0.25, 0.3) is 0 Å². The summed E-state index contributed by atoms with van der Waals surface area (Å²) in [6.45, 7) is 2.01. The lowest BCUT2D eigenvalue weighted by Crippen LogP contribution is -2.21. The molecule has 0 atom stereocenters. The summed E-state index contributed by atoms with van der Waals surface area (Å²) < 4.78 is 11.5. The molecule has 1 aromatic carbocycles. The summed E-state index contributed by atoms with van der Waals surface area (Å²) in [5, 5.41) is 9.46.